The van der Waals surface area contributed by atoms with E-state index in [0.29, 0.717) is 34.7 Å². The standard InChI is InChI=1S/C21H16ClN3O4/c1-28-20(26)16-11-5-4-10-12-7-9(22)3-6-14(12)25-19(10)15(11)13(8-23)18(24)17(16)21(27)29-2/h3,6-7,25H,4-5,24H2,1-2H3. The normalized spacial score (nSPS) is 12.1. The summed E-state index contributed by atoms with van der Waals surface area (Å²) < 4.78 is 9.73. The number of aromatic amines is 1. The molecule has 8 heteroatoms. The first-order valence-electron chi connectivity index (χ1n) is 8.78. The molecular formula is C21H16ClN3O4. The highest BCUT2D eigenvalue weighted by Gasteiger charge is 2.35. The molecule has 2 aromatic carbocycles. The molecule has 29 heavy (non-hydrogen) atoms. The Morgan fingerprint density at radius 3 is 2.45 bits per heavy atom. The molecule has 1 heterocycles. The zero-order valence-corrected chi connectivity index (χ0v) is 16.4. The predicted octanol–water partition coefficient (Wildman–Crippen LogP) is 3.61. The first kappa shape index (κ1) is 18.8. The van der Waals surface area contributed by atoms with Gasteiger partial charge < -0.3 is 20.2 Å². The summed E-state index contributed by atoms with van der Waals surface area (Å²) in [6.45, 7) is 0. The van der Waals surface area contributed by atoms with Gasteiger partial charge in [-0.05, 0) is 42.2 Å². The lowest BCUT2D eigenvalue weighted by atomic mass is 9.80. The van der Waals surface area contributed by atoms with Crippen molar-refractivity contribution < 1.29 is 19.1 Å². The molecule has 7 nitrogen and oxygen atoms in total. The number of anilines is 1. The van der Waals surface area contributed by atoms with Gasteiger partial charge in [-0.3, -0.25) is 0 Å². The molecule has 1 aliphatic carbocycles. The molecule has 0 unspecified atom stereocenters. The number of nitrogen functional groups attached to an aromatic ring is 1. The van der Waals surface area contributed by atoms with Crippen molar-refractivity contribution in [1.82, 2.24) is 4.98 Å². The minimum atomic E-state index is -0.795. The quantitative estimate of drug-likeness (QED) is 0.493. The third kappa shape index (κ3) is 2.64. The lowest BCUT2D eigenvalue weighted by Gasteiger charge is -2.24. The van der Waals surface area contributed by atoms with Crippen molar-refractivity contribution in [3.63, 3.8) is 0 Å². The number of fused-ring (bicyclic) bond motifs is 5. The molecular weight excluding hydrogens is 394 g/mol. The Bertz CT molecular complexity index is 1250. The van der Waals surface area contributed by atoms with E-state index >= 15 is 0 Å². The second-order valence-corrected chi connectivity index (χ2v) is 7.09. The zero-order chi connectivity index (χ0) is 20.9. The van der Waals surface area contributed by atoms with Crippen LogP contribution in [0.2, 0.25) is 5.02 Å². The predicted molar refractivity (Wildman–Crippen MR) is 108 cm³/mol. The van der Waals surface area contributed by atoms with E-state index in [4.69, 9.17) is 26.8 Å². The fourth-order valence-electron chi connectivity index (χ4n) is 4.05. The van der Waals surface area contributed by atoms with Crippen molar-refractivity contribution in [2.24, 2.45) is 0 Å². The van der Waals surface area contributed by atoms with E-state index in [2.05, 4.69) is 11.1 Å². The number of rotatable bonds is 2. The molecule has 0 saturated carbocycles. The molecule has 1 aliphatic rings. The van der Waals surface area contributed by atoms with Crippen molar-refractivity contribution in [3.8, 4) is 17.3 Å². The molecule has 1 aromatic heterocycles. The highest BCUT2D eigenvalue weighted by atomic mass is 35.5. The Balaban J connectivity index is 2.15. The van der Waals surface area contributed by atoms with Crippen LogP contribution >= 0.6 is 11.6 Å². The molecule has 146 valence electrons. The number of benzene rings is 2. The number of hydrogen-bond acceptors (Lipinski definition) is 6. The number of aryl methyl sites for hydroxylation is 1. The monoisotopic (exact) mass is 409 g/mol. The van der Waals surface area contributed by atoms with Crippen LogP contribution in [0, 0.1) is 11.3 Å². The lowest BCUT2D eigenvalue weighted by Crippen LogP contribution is -2.21. The Hall–Kier alpha value is -3.50. The highest BCUT2D eigenvalue weighted by molar-refractivity contribution is 6.31. The van der Waals surface area contributed by atoms with Gasteiger partial charge in [0, 0.05) is 21.5 Å². The van der Waals surface area contributed by atoms with Gasteiger partial charge >= 0.3 is 11.9 Å². The summed E-state index contributed by atoms with van der Waals surface area (Å²) in [6, 6.07) is 7.58. The zero-order valence-electron chi connectivity index (χ0n) is 15.7. The first-order valence-corrected chi connectivity index (χ1v) is 9.16. The van der Waals surface area contributed by atoms with Gasteiger partial charge in [-0.15, -0.1) is 0 Å². The van der Waals surface area contributed by atoms with Gasteiger partial charge in [0.25, 0.3) is 0 Å². The van der Waals surface area contributed by atoms with Crippen LogP contribution in [0.5, 0.6) is 0 Å². The summed E-state index contributed by atoms with van der Waals surface area (Å²) in [7, 11) is 2.41. The van der Waals surface area contributed by atoms with E-state index in [1.807, 2.05) is 12.1 Å². The Morgan fingerprint density at radius 1 is 1.14 bits per heavy atom. The van der Waals surface area contributed by atoms with E-state index in [1.54, 1.807) is 6.07 Å². The Labute approximate surface area is 171 Å². The molecule has 0 aliphatic heterocycles. The molecule has 0 bridgehead atoms. The maximum atomic E-state index is 12.6. The van der Waals surface area contributed by atoms with Crippen LogP contribution in [0.3, 0.4) is 0 Å². The number of nitrogens with zero attached hydrogens (tertiary/aromatic N) is 1. The van der Waals surface area contributed by atoms with Crippen molar-refractivity contribution in [3.05, 3.63) is 51.0 Å². The second kappa shape index (κ2) is 6.83. The van der Waals surface area contributed by atoms with Crippen LogP contribution in [-0.4, -0.2) is 31.1 Å². The van der Waals surface area contributed by atoms with Crippen LogP contribution < -0.4 is 5.73 Å². The highest BCUT2D eigenvalue weighted by Crippen LogP contribution is 2.44. The number of nitrogens with two attached hydrogens (primary N) is 1. The number of aromatic nitrogens is 1. The maximum absolute atomic E-state index is 12.6. The second-order valence-electron chi connectivity index (χ2n) is 6.66. The smallest absolute Gasteiger partial charge is 0.340 e. The van der Waals surface area contributed by atoms with Crippen molar-refractivity contribution in [2.45, 2.75) is 12.8 Å². The minimum Gasteiger partial charge on any atom is -0.465 e. The Kier molecular flexibility index (Phi) is 4.44. The largest absolute Gasteiger partial charge is 0.465 e. The van der Waals surface area contributed by atoms with Gasteiger partial charge in [0.15, 0.2) is 0 Å². The molecule has 0 fully saturated rings. The van der Waals surface area contributed by atoms with Crippen LogP contribution in [0.15, 0.2) is 18.2 Å². The number of nitrogens with one attached hydrogen (secondary N) is 1. The SMILES string of the molecule is COC(=O)c1c(N)c(C#N)c2c(c1C(=O)OC)CCc1c-2[nH]c2ccc(Cl)cc12. The van der Waals surface area contributed by atoms with E-state index in [-0.39, 0.29) is 22.4 Å². The number of H-pyrrole nitrogens is 1. The minimum absolute atomic E-state index is 0.0354. The summed E-state index contributed by atoms with van der Waals surface area (Å²) in [6.07, 6.45) is 1.01. The topological polar surface area (TPSA) is 118 Å². The fourth-order valence-corrected chi connectivity index (χ4v) is 4.22. The average Bonchev–Trinajstić information content (AvgIpc) is 3.09. The molecule has 4 rings (SSSR count). The van der Waals surface area contributed by atoms with Crippen molar-refractivity contribution in [1.29, 1.82) is 5.26 Å². The lowest BCUT2D eigenvalue weighted by molar-refractivity contribution is 0.0555. The van der Waals surface area contributed by atoms with Crippen LogP contribution in [0.1, 0.15) is 37.4 Å². The summed E-state index contributed by atoms with van der Waals surface area (Å²) >= 11 is 6.16. The van der Waals surface area contributed by atoms with Crippen molar-refractivity contribution >= 4 is 40.1 Å². The summed E-state index contributed by atoms with van der Waals surface area (Å²) in [4.78, 5) is 28.3. The summed E-state index contributed by atoms with van der Waals surface area (Å²) in [5, 5.41) is 11.4. The van der Waals surface area contributed by atoms with Crippen LogP contribution in [0.4, 0.5) is 5.69 Å². The van der Waals surface area contributed by atoms with Gasteiger partial charge in [0.05, 0.1) is 42.3 Å². The summed E-state index contributed by atoms with van der Waals surface area (Å²) in [5.74, 6) is -1.50. The van der Waals surface area contributed by atoms with E-state index in [1.165, 1.54) is 14.2 Å². The van der Waals surface area contributed by atoms with Crippen LogP contribution in [0.25, 0.3) is 22.2 Å². The number of carbonyl (C=O) groups excluding carboxylic acids is 2. The van der Waals surface area contributed by atoms with Gasteiger partial charge in [-0.2, -0.15) is 5.26 Å². The molecule has 3 N–H and O–H groups in total. The molecule has 0 saturated heterocycles. The number of ether oxygens (including phenoxy) is 2. The van der Waals surface area contributed by atoms with E-state index in [0.717, 1.165) is 16.5 Å². The third-order valence-electron chi connectivity index (χ3n) is 5.28. The molecule has 3 aromatic rings. The first-order chi connectivity index (χ1) is 13.9. The fraction of sp³-hybridized carbons (Fsp3) is 0.190. The number of hydrogen-bond donors (Lipinski definition) is 2. The van der Waals surface area contributed by atoms with Crippen LogP contribution in [-0.2, 0) is 22.3 Å². The van der Waals surface area contributed by atoms with Gasteiger partial charge in [0.1, 0.15) is 6.07 Å². The third-order valence-corrected chi connectivity index (χ3v) is 5.51. The number of methoxy groups -OCH3 is 2. The Morgan fingerprint density at radius 2 is 1.79 bits per heavy atom. The number of halogens is 1. The van der Waals surface area contributed by atoms with E-state index < -0.39 is 11.9 Å². The summed E-state index contributed by atoms with van der Waals surface area (Å²) in [5.41, 5.74) is 9.66. The molecule has 0 amide bonds. The van der Waals surface area contributed by atoms with Crippen molar-refractivity contribution in [2.75, 3.05) is 20.0 Å². The number of esters is 2. The van der Waals surface area contributed by atoms with Gasteiger partial charge in [-0.1, -0.05) is 11.6 Å². The average molecular weight is 410 g/mol. The molecule has 0 atom stereocenters. The molecule has 0 radical (unpaired) electrons. The number of carbonyl (C=O) groups is 2. The molecule has 0 spiro atoms. The van der Waals surface area contributed by atoms with Gasteiger partial charge in [-0.25, -0.2) is 9.59 Å². The van der Waals surface area contributed by atoms with E-state index in [9.17, 15) is 14.9 Å². The number of nitriles is 1. The van der Waals surface area contributed by atoms with Gasteiger partial charge in [0.2, 0.25) is 0 Å². The maximum Gasteiger partial charge on any atom is 0.340 e.